The van der Waals surface area contributed by atoms with Crippen LogP contribution in [0.25, 0.3) is 10.9 Å². The summed E-state index contributed by atoms with van der Waals surface area (Å²) < 4.78 is 26.2. The van der Waals surface area contributed by atoms with Crippen molar-refractivity contribution in [2.24, 2.45) is 0 Å². The maximum Gasteiger partial charge on any atom is 0.366 e. The van der Waals surface area contributed by atoms with Gasteiger partial charge in [-0.15, -0.1) is 0 Å². The number of hydrogen-bond acceptors (Lipinski definition) is 4. The van der Waals surface area contributed by atoms with Gasteiger partial charge in [0.25, 0.3) is 0 Å². The molecule has 1 aliphatic rings. The molecule has 142 valence electrons. The van der Waals surface area contributed by atoms with Crippen molar-refractivity contribution in [1.29, 1.82) is 0 Å². The van der Waals surface area contributed by atoms with Gasteiger partial charge < -0.3 is 13.6 Å². The molecular weight excluding hydrogens is 373 g/mol. The van der Waals surface area contributed by atoms with Gasteiger partial charge in [0.1, 0.15) is 5.30 Å². The van der Waals surface area contributed by atoms with E-state index in [1.165, 1.54) is 6.42 Å². The Morgan fingerprint density at radius 2 is 1.81 bits per heavy atom. The molecule has 0 atom stereocenters. The zero-order valence-electron chi connectivity index (χ0n) is 15.2. The van der Waals surface area contributed by atoms with Crippen LogP contribution in [0.15, 0.2) is 29.2 Å². The van der Waals surface area contributed by atoms with Crippen molar-refractivity contribution in [3.8, 4) is 0 Å². The standard InChI is InChI=1S/C19H25ClNO4P/c1-3-24-26(23,25-4-2)18-13-21(15-8-6-5-7-9-15)17-12-14(20)10-11-16(17)19(18)22/h10-13,15H,3-9H2,1-2H3. The Bertz CT molecular complexity index is 879. The number of halogens is 1. The lowest BCUT2D eigenvalue weighted by Crippen LogP contribution is -2.31. The van der Waals surface area contributed by atoms with E-state index in [1.807, 2.05) is 6.07 Å². The molecule has 1 aliphatic carbocycles. The number of benzene rings is 1. The summed E-state index contributed by atoms with van der Waals surface area (Å²) in [7, 11) is -3.67. The van der Waals surface area contributed by atoms with Crippen LogP contribution in [0.1, 0.15) is 52.0 Å². The summed E-state index contributed by atoms with van der Waals surface area (Å²) in [5, 5.41) is 1.19. The first-order valence-electron chi connectivity index (χ1n) is 9.24. The Balaban J connectivity index is 2.27. The van der Waals surface area contributed by atoms with Gasteiger partial charge in [0.2, 0.25) is 5.43 Å². The summed E-state index contributed by atoms with van der Waals surface area (Å²) in [5.74, 6) is 0. The zero-order valence-corrected chi connectivity index (χ0v) is 16.9. The van der Waals surface area contributed by atoms with Crippen LogP contribution in [0.3, 0.4) is 0 Å². The van der Waals surface area contributed by atoms with Gasteiger partial charge in [-0.1, -0.05) is 30.9 Å². The maximum atomic E-state index is 13.3. The molecule has 5 nitrogen and oxygen atoms in total. The van der Waals surface area contributed by atoms with Crippen LogP contribution in [0.5, 0.6) is 0 Å². The van der Waals surface area contributed by atoms with Crippen LogP contribution in [-0.2, 0) is 13.6 Å². The first kappa shape index (κ1) is 19.6. The first-order chi connectivity index (χ1) is 12.5. The van der Waals surface area contributed by atoms with Crippen LogP contribution < -0.4 is 10.7 Å². The molecule has 0 amide bonds. The molecule has 0 bridgehead atoms. The SMILES string of the molecule is CCOP(=O)(OCC)c1cn(C2CCCCC2)c2cc(Cl)ccc2c1=O. The van der Waals surface area contributed by atoms with Gasteiger partial charge in [0.05, 0.1) is 18.7 Å². The minimum absolute atomic E-state index is 0.113. The Morgan fingerprint density at radius 3 is 2.42 bits per heavy atom. The summed E-state index contributed by atoms with van der Waals surface area (Å²) in [6.45, 7) is 3.90. The molecule has 0 spiro atoms. The normalized spacial score (nSPS) is 16.3. The summed E-state index contributed by atoms with van der Waals surface area (Å²) in [4.78, 5) is 13.1. The Kier molecular flexibility index (Phi) is 6.24. The van der Waals surface area contributed by atoms with Gasteiger partial charge in [0.15, 0.2) is 0 Å². The van der Waals surface area contributed by atoms with Crippen molar-refractivity contribution >= 4 is 35.4 Å². The maximum absolute atomic E-state index is 13.3. The molecule has 0 unspecified atom stereocenters. The van der Waals surface area contributed by atoms with E-state index in [4.69, 9.17) is 20.6 Å². The van der Waals surface area contributed by atoms with E-state index in [0.29, 0.717) is 10.4 Å². The monoisotopic (exact) mass is 397 g/mol. The number of pyridine rings is 1. The molecule has 1 aromatic carbocycles. The fourth-order valence-corrected chi connectivity index (χ4v) is 5.51. The average molecular weight is 398 g/mol. The molecule has 3 rings (SSSR count). The van der Waals surface area contributed by atoms with Crippen molar-refractivity contribution in [2.45, 2.75) is 52.0 Å². The van der Waals surface area contributed by atoms with Gasteiger partial charge in [-0.05, 0) is 44.9 Å². The van der Waals surface area contributed by atoms with Crippen molar-refractivity contribution in [1.82, 2.24) is 4.57 Å². The molecule has 1 heterocycles. The van der Waals surface area contributed by atoms with Gasteiger partial charge in [0, 0.05) is 22.6 Å². The van der Waals surface area contributed by atoms with Gasteiger partial charge in [-0.25, -0.2) is 0 Å². The minimum Gasteiger partial charge on any atom is -0.343 e. The highest BCUT2D eigenvalue weighted by molar-refractivity contribution is 7.62. The highest BCUT2D eigenvalue weighted by atomic mass is 35.5. The average Bonchev–Trinajstić information content (AvgIpc) is 2.63. The third-order valence-corrected chi connectivity index (χ3v) is 7.18. The minimum atomic E-state index is -3.67. The van der Waals surface area contributed by atoms with E-state index in [9.17, 15) is 9.36 Å². The van der Waals surface area contributed by atoms with E-state index < -0.39 is 7.60 Å². The van der Waals surface area contributed by atoms with Crippen molar-refractivity contribution < 1.29 is 13.6 Å². The highest BCUT2D eigenvalue weighted by Crippen LogP contribution is 2.46. The van der Waals surface area contributed by atoms with Crippen molar-refractivity contribution in [2.75, 3.05) is 13.2 Å². The first-order valence-corrected chi connectivity index (χ1v) is 11.2. The van der Waals surface area contributed by atoms with E-state index in [1.54, 1.807) is 32.2 Å². The Hall–Kier alpha value is -1.13. The molecule has 0 N–H and O–H groups in total. The number of hydrogen-bond donors (Lipinski definition) is 0. The van der Waals surface area contributed by atoms with Crippen LogP contribution in [0.4, 0.5) is 0 Å². The summed E-state index contributed by atoms with van der Waals surface area (Å²) in [5.41, 5.74) is 0.464. The van der Waals surface area contributed by atoms with Gasteiger partial charge >= 0.3 is 7.60 Å². The van der Waals surface area contributed by atoms with Crippen LogP contribution in [0, 0.1) is 0 Å². The summed E-state index contributed by atoms with van der Waals surface area (Å²) in [6.07, 6.45) is 7.24. The van der Waals surface area contributed by atoms with Gasteiger partial charge in [-0.2, -0.15) is 0 Å². The van der Waals surface area contributed by atoms with Crippen molar-refractivity contribution in [3.63, 3.8) is 0 Å². The number of aromatic nitrogens is 1. The smallest absolute Gasteiger partial charge is 0.343 e. The molecule has 0 aliphatic heterocycles. The molecule has 2 aromatic rings. The van der Waals surface area contributed by atoms with Crippen LogP contribution in [0.2, 0.25) is 5.02 Å². The Labute approximate surface area is 158 Å². The van der Waals surface area contributed by atoms with E-state index >= 15 is 0 Å². The molecule has 0 saturated heterocycles. The quantitative estimate of drug-likeness (QED) is 0.640. The highest BCUT2D eigenvalue weighted by Gasteiger charge is 2.32. The third kappa shape index (κ3) is 3.77. The van der Waals surface area contributed by atoms with E-state index in [-0.39, 0.29) is 30.0 Å². The van der Waals surface area contributed by atoms with Crippen LogP contribution in [-0.4, -0.2) is 17.8 Å². The third-order valence-electron chi connectivity index (χ3n) is 4.84. The largest absolute Gasteiger partial charge is 0.366 e. The second-order valence-electron chi connectivity index (χ2n) is 6.54. The topological polar surface area (TPSA) is 57.5 Å². The predicted molar refractivity (Wildman–Crippen MR) is 106 cm³/mol. The Morgan fingerprint density at radius 1 is 1.15 bits per heavy atom. The molecular formula is C19H25ClNO4P. The number of nitrogens with zero attached hydrogens (tertiary/aromatic N) is 1. The van der Waals surface area contributed by atoms with Crippen LogP contribution >= 0.6 is 19.2 Å². The summed E-state index contributed by atoms with van der Waals surface area (Å²) >= 11 is 6.19. The second-order valence-corrected chi connectivity index (χ2v) is 8.97. The fourth-order valence-electron chi connectivity index (χ4n) is 3.68. The molecule has 1 saturated carbocycles. The lowest BCUT2D eigenvalue weighted by Gasteiger charge is -2.28. The second kappa shape index (κ2) is 8.26. The number of fused-ring (bicyclic) bond motifs is 1. The van der Waals surface area contributed by atoms with Crippen molar-refractivity contribution in [3.05, 3.63) is 39.6 Å². The summed E-state index contributed by atoms with van der Waals surface area (Å²) in [6, 6.07) is 5.45. The van der Waals surface area contributed by atoms with Gasteiger partial charge in [-0.3, -0.25) is 9.36 Å². The molecule has 26 heavy (non-hydrogen) atoms. The lowest BCUT2D eigenvalue weighted by atomic mass is 9.95. The zero-order chi connectivity index (χ0) is 18.7. The lowest BCUT2D eigenvalue weighted by molar-refractivity contribution is 0.229. The van der Waals surface area contributed by atoms with E-state index in [2.05, 4.69) is 4.57 Å². The van der Waals surface area contributed by atoms with E-state index in [0.717, 1.165) is 31.2 Å². The predicted octanol–water partition coefficient (Wildman–Crippen LogP) is 5.05. The fraction of sp³-hybridized carbons (Fsp3) is 0.526. The molecule has 0 radical (unpaired) electrons. The number of rotatable bonds is 6. The molecule has 1 aromatic heterocycles. The molecule has 7 heteroatoms. The molecule has 1 fully saturated rings.